The summed E-state index contributed by atoms with van der Waals surface area (Å²) >= 11 is 0. The number of hydrogen-bond donors (Lipinski definition) is 3. The van der Waals surface area contributed by atoms with Crippen molar-refractivity contribution in [1.82, 2.24) is 10.6 Å². The summed E-state index contributed by atoms with van der Waals surface area (Å²) in [7, 11) is 0. The van der Waals surface area contributed by atoms with Gasteiger partial charge in [0.25, 0.3) is 5.91 Å². The third-order valence-electron chi connectivity index (χ3n) is 2.70. The number of hydrogen-bond acceptors (Lipinski definition) is 3. The fourth-order valence-corrected chi connectivity index (χ4v) is 1.13. The monoisotopic (exact) mass is 240 g/mol. The molecule has 3 N–H and O–H groups in total. The number of urea groups is 1. The van der Waals surface area contributed by atoms with Crippen molar-refractivity contribution in [2.45, 2.75) is 26.7 Å². The molecule has 0 aromatic carbocycles. The van der Waals surface area contributed by atoms with Gasteiger partial charge in [-0.15, -0.1) is 0 Å². The van der Waals surface area contributed by atoms with Gasteiger partial charge in [0, 0.05) is 17.7 Å². The molecule has 17 heavy (non-hydrogen) atoms. The molecule has 1 aliphatic rings. The highest BCUT2D eigenvalue weighted by Crippen LogP contribution is 2.27. The second kappa shape index (κ2) is 5.47. The molecular weight excluding hydrogens is 224 g/mol. The first-order valence-corrected chi connectivity index (χ1v) is 5.41. The van der Waals surface area contributed by atoms with E-state index in [1.54, 1.807) is 0 Å². The largest absolute Gasteiger partial charge is 0.478 e. The Kier molecular flexibility index (Phi) is 4.25. The zero-order valence-electron chi connectivity index (χ0n) is 9.87. The molecule has 0 aromatic rings. The van der Waals surface area contributed by atoms with Gasteiger partial charge in [-0.3, -0.25) is 10.1 Å². The molecule has 3 amide bonds. The number of rotatable bonds is 4. The van der Waals surface area contributed by atoms with E-state index in [2.05, 4.69) is 10.6 Å². The molecule has 0 aromatic heterocycles. The lowest BCUT2D eigenvalue weighted by Crippen LogP contribution is -2.41. The van der Waals surface area contributed by atoms with Crippen LogP contribution in [0.4, 0.5) is 4.79 Å². The Morgan fingerprint density at radius 2 is 1.76 bits per heavy atom. The molecule has 1 aliphatic carbocycles. The first kappa shape index (κ1) is 13.2. The first-order chi connectivity index (χ1) is 7.91. The van der Waals surface area contributed by atoms with Crippen molar-refractivity contribution in [3.63, 3.8) is 0 Å². The minimum Gasteiger partial charge on any atom is -0.478 e. The van der Waals surface area contributed by atoms with Crippen LogP contribution in [0.5, 0.6) is 0 Å². The maximum atomic E-state index is 11.5. The van der Waals surface area contributed by atoms with E-state index in [1.807, 2.05) is 0 Å². The van der Waals surface area contributed by atoms with E-state index in [4.69, 9.17) is 5.11 Å². The van der Waals surface area contributed by atoms with Gasteiger partial charge in [-0.1, -0.05) is 0 Å². The molecule has 1 saturated carbocycles. The van der Waals surface area contributed by atoms with Crippen LogP contribution in [0.3, 0.4) is 0 Å². The molecule has 1 rings (SSSR count). The van der Waals surface area contributed by atoms with E-state index in [-0.39, 0.29) is 11.1 Å². The van der Waals surface area contributed by atoms with Crippen molar-refractivity contribution in [2.24, 2.45) is 5.92 Å². The number of nitrogens with one attached hydrogen (secondary N) is 2. The zero-order chi connectivity index (χ0) is 13.0. The van der Waals surface area contributed by atoms with E-state index >= 15 is 0 Å². The van der Waals surface area contributed by atoms with Crippen molar-refractivity contribution >= 4 is 17.9 Å². The summed E-state index contributed by atoms with van der Waals surface area (Å²) in [5.74, 6) is -1.33. The van der Waals surface area contributed by atoms with Gasteiger partial charge < -0.3 is 10.4 Å². The number of aliphatic carboxylic acids is 1. The summed E-state index contributed by atoms with van der Waals surface area (Å²) < 4.78 is 0. The van der Waals surface area contributed by atoms with Crippen LogP contribution in [0.2, 0.25) is 0 Å². The maximum Gasteiger partial charge on any atom is 0.331 e. The lowest BCUT2D eigenvalue weighted by Gasteiger charge is -2.07. The SMILES string of the molecule is CC(C(=O)O)=C(C)C(=O)NC(=O)NCC1CC1. The van der Waals surface area contributed by atoms with E-state index < -0.39 is 17.9 Å². The Labute approximate surface area is 99.1 Å². The number of imide groups is 1. The van der Waals surface area contributed by atoms with Crippen LogP contribution >= 0.6 is 0 Å². The summed E-state index contributed by atoms with van der Waals surface area (Å²) in [5, 5.41) is 13.3. The molecule has 6 nitrogen and oxygen atoms in total. The highest BCUT2D eigenvalue weighted by atomic mass is 16.4. The number of carbonyl (C=O) groups excluding carboxylic acids is 2. The van der Waals surface area contributed by atoms with Crippen LogP contribution in [0.15, 0.2) is 11.1 Å². The molecule has 0 unspecified atom stereocenters. The number of carboxylic acids is 1. The number of carboxylic acid groups (broad SMARTS) is 1. The van der Waals surface area contributed by atoms with Gasteiger partial charge >= 0.3 is 12.0 Å². The fraction of sp³-hybridized carbons (Fsp3) is 0.545. The van der Waals surface area contributed by atoms with Crippen molar-refractivity contribution in [2.75, 3.05) is 6.54 Å². The Morgan fingerprint density at radius 3 is 2.24 bits per heavy atom. The molecule has 1 fully saturated rings. The first-order valence-electron chi connectivity index (χ1n) is 5.41. The van der Waals surface area contributed by atoms with Crippen molar-refractivity contribution in [1.29, 1.82) is 0 Å². The van der Waals surface area contributed by atoms with Crippen LogP contribution in [-0.2, 0) is 9.59 Å². The Hall–Kier alpha value is -1.85. The van der Waals surface area contributed by atoms with E-state index in [1.165, 1.54) is 13.8 Å². The van der Waals surface area contributed by atoms with E-state index in [9.17, 15) is 14.4 Å². The molecule has 0 atom stereocenters. The average Bonchev–Trinajstić information content (AvgIpc) is 3.07. The van der Waals surface area contributed by atoms with Gasteiger partial charge in [0.1, 0.15) is 0 Å². The normalized spacial score (nSPS) is 15.9. The van der Waals surface area contributed by atoms with Crippen molar-refractivity contribution < 1.29 is 19.5 Å². The smallest absolute Gasteiger partial charge is 0.331 e. The highest BCUT2D eigenvalue weighted by Gasteiger charge is 2.22. The third-order valence-corrected chi connectivity index (χ3v) is 2.70. The minimum absolute atomic E-state index is 0.0269. The van der Waals surface area contributed by atoms with Crippen molar-refractivity contribution in [3.05, 3.63) is 11.1 Å². The van der Waals surface area contributed by atoms with Gasteiger partial charge in [-0.2, -0.15) is 0 Å². The fourth-order valence-electron chi connectivity index (χ4n) is 1.13. The summed E-state index contributed by atoms with van der Waals surface area (Å²) in [4.78, 5) is 33.4. The van der Waals surface area contributed by atoms with E-state index in [0.717, 1.165) is 12.8 Å². The quantitative estimate of drug-likeness (QED) is 0.628. The second-order valence-corrected chi connectivity index (χ2v) is 4.16. The molecular formula is C11H16N2O4. The number of carbonyl (C=O) groups is 3. The van der Waals surface area contributed by atoms with Crippen LogP contribution in [-0.4, -0.2) is 29.6 Å². The van der Waals surface area contributed by atoms with Gasteiger partial charge in [0.15, 0.2) is 0 Å². The Morgan fingerprint density at radius 1 is 1.18 bits per heavy atom. The minimum atomic E-state index is -1.17. The Balaban J connectivity index is 2.44. The summed E-state index contributed by atoms with van der Waals surface area (Å²) in [6.07, 6.45) is 2.20. The molecule has 0 aliphatic heterocycles. The molecule has 0 radical (unpaired) electrons. The Bertz CT molecular complexity index is 383. The van der Waals surface area contributed by atoms with Gasteiger partial charge in [-0.25, -0.2) is 9.59 Å². The lowest BCUT2D eigenvalue weighted by molar-refractivity contribution is -0.133. The number of amides is 3. The summed E-state index contributed by atoms with van der Waals surface area (Å²) in [5.41, 5.74) is -0.0448. The third kappa shape index (κ3) is 4.26. The predicted octanol–water partition coefficient (Wildman–Crippen LogP) is 0.643. The molecule has 6 heteroatoms. The predicted molar refractivity (Wildman–Crippen MR) is 60.3 cm³/mol. The summed E-state index contributed by atoms with van der Waals surface area (Å²) in [6, 6.07) is -0.584. The molecule has 0 saturated heterocycles. The molecule has 0 heterocycles. The molecule has 94 valence electrons. The topological polar surface area (TPSA) is 95.5 Å². The van der Waals surface area contributed by atoms with Gasteiger partial charge in [0.2, 0.25) is 0 Å². The van der Waals surface area contributed by atoms with Crippen LogP contribution in [0.1, 0.15) is 26.7 Å². The molecule has 0 spiro atoms. The maximum absolute atomic E-state index is 11.5. The van der Waals surface area contributed by atoms with Crippen LogP contribution < -0.4 is 10.6 Å². The standard InChI is InChI=1S/C11H16N2O4/c1-6(7(2)10(15)16)9(14)13-11(17)12-5-8-3-4-8/h8H,3-5H2,1-2H3,(H,15,16)(H2,12,13,14,17). The van der Waals surface area contributed by atoms with Crippen molar-refractivity contribution in [3.8, 4) is 0 Å². The van der Waals surface area contributed by atoms with Gasteiger partial charge in [-0.05, 0) is 32.6 Å². The zero-order valence-corrected chi connectivity index (χ0v) is 9.87. The van der Waals surface area contributed by atoms with Crippen LogP contribution in [0, 0.1) is 5.92 Å². The molecule has 0 bridgehead atoms. The highest BCUT2D eigenvalue weighted by molar-refractivity contribution is 6.07. The lowest BCUT2D eigenvalue weighted by atomic mass is 10.1. The summed E-state index contributed by atoms with van der Waals surface area (Å²) in [6.45, 7) is 3.24. The van der Waals surface area contributed by atoms with E-state index in [0.29, 0.717) is 12.5 Å². The second-order valence-electron chi connectivity index (χ2n) is 4.16. The van der Waals surface area contributed by atoms with Gasteiger partial charge in [0.05, 0.1) is 0 Å². The average molecular weight is 240 g/mol. The van der Waals surface area contributed by atoms with Crippen LogP contribution in [0.25, 0.3) is 0 Å².